The van der Waals surface area contributed by atoms with Gasteiger partial charge in [0.15, 0.2) is 0 Å². The average molecular weight is 197 g/mol. The number of nitrogens with zero attached hydrogens (tertiary/aromatic N) is 2. The van der Waals surface area contributed by atoms with Gasteiger partial charge in [-0.3, -0.25) is 0 Å². The van der Waals surface area contributed by atoms with E-state index in [0.29, 0.717) is 5.82 Å². The number of anilines is 1. The van der Waals surface area contributed by atoms with Crippen LogP contribution in [0.25, 0.3) is 0 Å². The first-order valence-corrected chi connectivity index (χ1v) is 4.69. The Labute approximate surface area is 84.0 Å². The molecule has 3 nitrogen and oxygen atoms in total. The molecule has 0 aliphatic heterocycles. The number of aromatic nitrogens is 1. The van der Waals surface area contributed by atoms with Gasteiger partial charge in [-0.1, -0.05) is 6.07 Å². The van der Waals surface area contributed by atoms with Crippen molar-refractivity contribution in [3.05, 3.63) is 24.1 Å². The number of pyridine rings is 1. The summed E-state index contributed by atoms with van der Waals surface area (Å²) in [5, 5.41) is 3.06. The number of hydrogen-bond acceptors (Lipinski definition) is 3. The third-order valence-electron chi connectivity index (χ3n) is 1.80. The van der Waals surface area contributed by atoms with Crippen LogP contribution >= 0.6 is 0 Å². The summed E-state index contributed by atoms with van der Waals surface area (Å²) in [7, 11) is 4.06. The van der Waals surface area contributed by atoms with Gasteiger partial charge in [-0.05, 0) is 39.2 Å². The molecule has 78 valence electrons. The molecule has 14 heavy (non-hydrogen) atoms. The van der Waals surface area contributed by atoms with Crippen LogP contribution in [0, 0.1) is 5.95 Å². The summed E-state index contributed by atoms with van der Waals surface area (Å²) in [6.07, 6.45) is 1.02. The second kappa shape index (κ2) is 5.54. The Morgan fingerprint density at radius 1 is 1.43 bits per heavy atom. The van der Waals surface area contributed by atoms with E-state index in [0.717, 1.165) is 19.5 Å². The first-order chi connectivity index (χ1) is 6.68. The van der Waals surface area contributed by atoms with Crippen molar-refractivity contribution >= 4 is 5.82 Å². The third-order valence-corrected chi connectivity index (χ3v) is 1.80. The zero-order chi connectivity index (χ0) is 10.4. The quantitative estimate of drug-likeness (QED) is 0.574. The summed E-state index contributed by atoms with van der Waals surface area (Å²) < 4.78 is 12.6. The summed E-state index contributed by atoms with van der Waals surface area (Å²) in [5.74, 6) is 0.159. The Bertz CT molecular complexity index is 276. The minimum absolute atomic E-state index is 0.442. The Kier molecular flexibility index (Phi) is 4.32. The van der Waals surface area contributed by atoms with E-state index < -0.39 is 5.95 Å². The van der Waals surface area contributed by atoms with Crippen molar-refractivity contribution < 1.29 is 4.39 Å². The Hall–Kier alpha value is -1.16. The molecule has 0 aromatic carbocycles. The van der Waals surface area contributed by atoms with E-state index in [2.05, 4.69) is 15.2 Å². The second-order valence-corrected chi connectivity index (χ2v) is 3.43. The lowest BCUT2D eigenvalue weighted by Crippen LogP contribution is -2.16. The molecule has 0 saturated carbocycles. The summed E-state index contributed by atoms with van der Waals surface area (Å²) in [6.45, 7) is 1.83. The van der Waals surface area contributed by atoms with Crippen LogP contribution in [-0.4, -0.2) is 37.1 Å². The van der Waals surface area contributed by atoms with Crippen LogP contribution in [0.1, 0.15) is 6.42 Å². The maximum Gasteiger partial charge on any atom is 0.214 e. The van der Waals surface area contributed by atoms with Crippen molar-refractivity contribution in [3.63, 3.8) is 0 Å². The lowest BCUT2D eigenvalue weighted by Gasteiger charge is -2.09. The smallest absolute Gasteiger partial charge is 0.214 e. The molecule has 1 aromatic heterocycles. The largest absolute Gasteiger partial charge is 0.370 e. The molecule has 0 saturated heterocycles. The summed E-state index contributed by atoms with van der Waals surface area (Å²) in [4.78, 5) is 5.81. The highest BCUT2D eigenvalue weighted by molar-refractivity contribution is 5.33. The molecule has 0 radical (unpaired) electrons. The lowest BCUT2D eigenvalue weighted by atomic mass is 10.4. The molecule has 1 heterocycles. The first kappa shape index (κ1) is 10.9. The van der Waals surface area contributed by atoms with Crippen molar-refractivity contribution in [3.8, 4) is 0 Å². The van der Waals surface area contributed by atoms with Crippen LogP contribution in [0.2, 0.25) is 0 Å². The van der Waals surface area contributed by atoms with Gasteiger partial charge in [-0.2, -0.15) is 4.39 Å². The van der Waals surface area contributed by atoms with E-state index in [1.165, 1.54) is 6.07 Å². The van der Waals surface area contributed by atoms with E-state index in [9.17, 15) is 4.39 Å². The van der Waals surface area contributed by atoms with Gasteiger partial charge in [0.1, 0.15) is 5.82 Å². The van der Waals surface area contributed by atoms with Crippen molar-refractivity contribution in [2.45, 2.75) is 6.42 Å². The second-order valence-electron chi connectivity index (χ2n) is 3.43. The highest BCUT2D eigenvalue weighted by Crippen LogP contribution is 2.02. The molecule has 1 rings (SSSR count). The van der Waals surface area contributed by atoms with Crippen molar-refractivity contribution in [2.24, 2.45) is 0 Å². The van der Waals surface area contributed by atoms with E-state index in [1.54, 1.807) is 12.1 Å². The fraction of sp³-hybridized carbons (Fsp3) is 0.500. The van der Waals surface area contributed by atoms with Crippen LogP contribution < -0.4 is 5.32 Å². The fourth-order valence-electron chi connectivity index (χ4n) is 1.12. The molecule has 1 aromatic rings. The van der Waals surface area contributed by atoms with Crippen LogP contribution in [0.5, 0.6) is 0 Å². The highest BCUT2D eigenvalue weighted by atomic mass is 19.1. The summed E-state index contributed by atoms with van der Waals surface area (Å²) in [5.41, 5.74) is 0. The van der Waals surface area contributed by atoms with Gasteiger partial charge >= 0.3 is 0 Å². The number of nitrogens with one attached hydrogen (secondary N) is 1. The summed E-state index contributed by atoms with van der Waals surface area (Å²) in [6, 6.07) is 4.75. The molecule has 1 N–H and O–H groups in total. The van der Waals surface area contributed by atoms with Crippen LogP contribution in [-0.2, 0) is 0 Å². The Morgan fingerprint density at radius 2 is 2.21 bits per heavy atom. The van der Waals surface area contributed by atoms with Crippen LogP contribution in [0.4, 0.5) is 10.2 Å². The van der Waals surface area contributed by atoms with E-state index in [1.807, 2.05) is 14.1 Å². The minimum atomic E-state index is -0.442. The Balaban J connectivity index is 2.25. The molecular weight excluding hydrogens is 181 g/mol. The number of rotatable bonds is 5. The molecule has 0 fully saturated rings. The summed E-state index contributed by atoms with van der Waals surface area (Å²) >= 11 is 0. The van der Waals surface area contributed by atoms with Gasteiger partial charge in [0.2, 0.25) is 5.95 Å². The molecule has 0 bridgehead atoms. The van der Waals surface area contributed by atoms with E-state index in [4.69, 9.17) is 0 Å². The van der Waals surface area contributed by atoms with E-state index in [-0.39, 0.29) is 0 Å². The maximum atomic E-state index is 12.6. The van der Waals surface area contributed by atoms with E-state index >= 15 is 0 Å². The molecule has 4 heteroatoms. The van der Waals surface area contributed by atoms with Gasteiger partial charge in [-0.15, -0.1) is 0 Å². The minimum Gasteiger partial charge on any atom is -0.370 e. The molecule has 0 spiro atoms. The zero-order valence-electron chi connectivity index (χ0n) is 8.63. The number of halogens is 1. The molecule has 0 atom stereocenters. The van der Waals surface area contributed by atoms with Gasteiger partial charge in [-0.25, -0.2) is 4.98 Å². The topological polar surface area (TPSA) is 28.2 Å². The monoisotopic (exact) mass is 197 g/mol. The highest BCUT2D eigenvalue weighted by Gasteiger charge is 1.95. The maximum absolute atomic E-state index is 12.6. The molecule has 0 aliphatic rings. The SMILES string of the molecule is CN(C)CCCNc1cccc(F)n1. The Morgan fingerprint density at radius 3 is 2.86 bits per heavy atom. The fourth-order valence-corrected chi connectivity index (χ4v) is 1.12. The lowest BCUT2D eigenvalue weighted by molar-refractivity contribution is 0.405. The van der Waals surface area contributed by atoms with Crippen LogP contribution in [0.15, 0.2) is 18.2 Å². The van der Waals surface area contributed by atoms with Crippen LogP contribution in [0.3, 0.4) is 0 Å². The average Bonchev–Trinajstić information content (AvgIpc) is 2.12. The predicted molar refractivity (Wildman–Crippen MR) is 55.9 cm³/mol. The van der Waals surface area contributed by atoms with Gasteiger partial charge < -0.3 is 10.2 Å². The third kappa shape index (κ3) is 4.18. The first-order valence-electron chi connectivity index (χ1n) is 4.69. The molecule has 0 unspecified atom stereocenters. The molecular formula is C10H16FN3. The zero-order valence-corrected chi connectivity index (χ0v) is 8.63. The van der Waals surface area contributed by atoms with Crippen molar-refractivity contribution in [2.75, 3.05) is 32.5 Å². The van der Waals surface area contributed by atoms with Crippen molar-refractivity contribution in [1.82, 2.24) is 9.88 Å². The molecule has 0 amide bonds. The van der Waals surface area contributed by atoms with Gasteiger partial charge in [0.25, 0.3) is 0 Å². The molecule has 0 aliphatic carbocycles. The van der Waals surface area contributed by atoms with Crippen molar-refractivity contribution in [1.29, 1.82) is 0 Å². The predicted octanol–water partition coefficient (Wildman–Crippen LogP) is 1.58. The van der Waals surface area contributed by atoms with Gasteiger partial charge in [0, 0.05) is 6.54 Å². The number of hydrogen-bond donors (Lipinski definition) is 1. The van der Waals surface area contributed by atoms with Gasteiger partial charge in [0.05, 0.1) is 0 Å². The standard InChI is InChI=1S/C10H16FN3/c1-14(2)8-4-7-12-10-6-3-5-9(11)13-10/h3,5-6H,4,7-8H2,1-2H3,(H,12,13). The normalized spacial score (nSPS) is 10.6.